The molecule has 0 saturated heterocycles. The molecule has 42 heavy (non-hydrogen) atoms. The summed E-state index contributed by atoms with van der Waals surface area (Å²) in [6, 6.07) is 18.3. The van der Waals surface area contributed by atoms with E-state index in [1.54, 1.807) is 24.3 Å². The van der Waals surface area contributed by atoms with Crippen molar-refractivity contribution < 1.29 is 45.8 Å². The molecule has 0 aromatic heterocycles. The van der Waals surface area contributed by atoms with Crippen LogP contribution in [-0.4, -0.2) is 24.1 Å². The van der Waals surface area contributed by atoms with Gasteiger partial charge in [-0.3, -0.25) is 9.59 Å². The van der Waals surface area contributed by atoms with Crippen molar-refractivity contribution in [2.75, 3.05) is 7.11 Å². The van der Waals surface area contributed by atoms with Crippen LogP contribution in [0.15, 0.2) is 91.0 Å². The van der Waals surface area contributed by atoms with Crippen molar-refractivity contribution in [3.05, 3.63) is 113 Å². The molecule has 0 heterocycles. The number of rotatable bonds is 7. The van der Waals surface area contributed by atoms with Crippen molar-refractivity contribution in [3.63, 3.8) is 0 Å². The van der Waals surface area contributed by atoms with Crippen LogP contribution in [0, 0.1) is 0 Å². The predicted molar refractivity (Wildman–Crippen MR) is 142 cm³/mol. The first-order valence-corrected chi connectivity index (χ1v) is 12.4. The van der Waals surface area contributed by atoms with Crippen LogP contribution in [0.3, 0.4) is 0 Å². The van der Waals surface area contributed by atoms with Gasteiger partial charge in [0.15, 0.2) is 0 Å². The fourth-order valence-electron chi connectivity index (χ4n) is 4.27. The molecule has 0 fully saturated rings. The second-order valence-electron chi connectivity index (χ2n) is 9.31. The average molecular weight is 588 g/mol. The van der Waals surface area contributed by atoms with Gasteiger partial charge in [-0.15, -0.1) is 0 Å². The van der Waals surface area contributed by atoms with Crippen molar-refractivity contribution in [1.29, 1.82) is 0 Å². The number of aromatic hydroxyl groups is 1. The molecule has 0 bridgehead atoms. The quantitative estimate of drug-likeness (QED) is 0.171. The van der Waals surface area contributed by atoms with Gasteiger partial charge in [-0.1, -0.05) is 54.6 Å². The molecule has 1 unspecified atom stereocenters. The minimum Gasteiger partial charge on any atom is -0.507 e. The summed E-state index contributed by atoms with van der Waals surface area (Å²) in [6.07, 6.45) is -9.34. The van der Waals surface area contributed by atoms with Gasteiger partial charge in [0, 0.05) is 0 Å². The first kappa shape index (κ1) is 30.2. The number of phenolic OH excluding ortho intramolecular Hbond substituents is 1. The van der Waals surface area contributed by atoms with Crippen LogP contribution in [0.1, 0.15) is 39.5 Å². The van der Waals surface area contributed by atoms with Gasteiger partial charge in [0.05, 0.1) is 36.3 Å². The van der Waals surface area contributed by atoms with Crippen LogP contribution in [0.2, 0.25) is 0 Å². The molecule has 4 rings (SSSR count). The first-order valence-electron chi connectivity index (χ1n) is 12.4. The third kappa shape index (κ3) is 7.09. The molecular formula is C31H23F6NO4. The van der Waals surface area contributed by atoms with Gasteiger partial charge in [0.2, 0.25) is 0 Å². The molecule has 4 aromatic rings. The van der Waals surface area contributed by atoms with Gasteiger partial charge >= 0.3 is 18.3 Å². The minimum atomic E-state index is -4.57. The number of nitrogens with one attached hydrogen (secondary N) is 1. The highest BCUT2D eigenvalue weighted by atomic mass is 19.4. The van der Waals surface area contributed by atoms with Gasteiger partial charge in [-0.25, -0.2) is 0 Å². The van der Waals surface area contributed by atoms with Crippen molar-refractivity contribution in [1.82, 2.24) is 5.32 Å². The zero-order valence-electron chi connectivity index (χ0n) is 21.9. The monoisotopic (exact) mass is 587 g/mol. The van der Waals surface area contributed by atoms with Gasteiger partial charge in [-0.2, -0.15) is 26.3 Å². The number of halogens is 6. The predicted octanol–water partition coefficient (Wildman–Crippen LogP) is 7.80. The molecule has 0 aliphatic rings. The fraction of sp³-hybridized carbons (Fsp3) is 0.161. The van der Waals surface area contributed by atoms with E-state index in [2.05, 4.69) is 5.32 Å². The number of alkyl halides is 6. The highest BCUT2D eigenvalue weighted by Gasteiger charge is 2.31. The molecule has 0 aliphatic carbocycles. The van der Waals surface area contributed by atoms with E-state index in [1.165, 1.54) is 49.6 Å². The van der Waals surface area contributed by atoms with E-state index in [-0.39, 0.29) is 23.1 Å². The molecule has 0 spiro atoms. The zero-order chi connectivity index (χ0) is 30.7. The number of amides is 1. The summed E-state index contributed by atoms with van der Waals surface area (Å²) >= 11 is 0. The summed E-state index contributed by atoms with van der Waals surface area (Å²) in [5.74, 6) is -1.89. The van der Waals surface area contributed by atoms with Gasteiger partial charge in [0.25, 0.3) is 5.91 Å². The molecule has 1 atom stereocenters. The van der Waals surface area contributed by atoms with Crippen molar-refractivity contribution in [2.45, 2.75) is 24.8 Å². The summed E-state index contributed by atoms with van der Waals surface area (Å²) < 4.78 is 83.0. The molecule has 218 valence electrons. The van der Waals surface area contributed by atoms with Gasteiger partial charge in [-0.05, 0) is 64.2 Å². The lowest BCUT2D eigenvalue weighted by atomic mass is 9.97. The molecule has 0 saturated carbocycles. The third-order valence-corrected chi connectivity index (χ3v) is 6.53. The topological polar surface area (TPSA) is 75.6 Å². The Bertz CT molecular complexity index is 1580. The maximum Gasteiger partial charge on any atom is 0.416 e. The minimum absolute atomic E-state index is 0.170. The molecule has 4 aromatic carbocycles. The maximum atomic E-state index is 13.2. The number of benzene rings is 4. The number of carbonyl (C=O) groups excluding carboxylic acids is 2. The Labute approximate surface area is 236 Å². The van der Waals surface area contributed by atoms with Crippen LogP contribution < -0.4 is 5.32 Å². The average Bonchev–Trinajstić information content (AvgIpc) is 2.96. The SMILES string of the molecule is COC(=O)CC(NC(=O)c1cc(-c2cccc(C(F)(F)F)c2)ccc1O)c1ccc(-c2ccc(C(F)(F)F)cc2)cc1. The van der Waals surface area contributed by atoms with Crippen LogP contribution in [-0.2, 0) is 21.9 Å². The summed E-state index contributed by atoms with van der Waals surface area (Å²) in [5, 5.41) is 13.0. The molecular weight excluding hydrogens is 564 g/mol. The summed E-state index contributed by atoms with van der Waals surface area (Å²) in [4.78, 5) is 25.4. The second kappa shape index (κ2) is 12.0. The van der Waals surface area contributed by atoms with E-state index in [0.717, 1.165) is 24.3 Å². The van der Waals surface area contributed by atoms with Gasteiger partial charge < -0.3 is 15.2 Å². The Morgan fingerprint density at radius 3 is 1.86 bits per heavy atom. The first-order chi connectivity index (χ1) is 19.8. The smallest absolute Gasteiger partial charge is 0.416 e. The lowest BCUT2D eigenvalue weighted by Crippen LogP contribution is -2.30. The lowest BCUT2D eigenvalue weighted by Gasteiger charge is -2.19. The number of carbonyl (C=O) groups is 2. The van der Waals surface area contributed by atoms with E-state index < -0.39 is 47.1 Å². The van der Waals surface area contributed by atoms with E-state index >= 15 is 0 Å². The van der Waals surface area contributed by atoms with Crippen LogP contribution in [0.4, 0.5) is 26.3 Å². The molecule has 0 aliphatic heterocycles. The Hall–Kier alpha value is -4.80. The van der Waals surface area contributed by atoms with Crippen LogP contribution in [0.5, 0.6) is 5.75 Å². The number of ether oxygens (including phenoxy) is 1. The lowest BCUT2D eigenvalue weighted by molar-refractivity contribution is -0.141. The number of phenols is 1. The molecule has 2 N–H and O–H groups in total. The van der Waals surface area contributed by atoms with Crippen molar-refractivity contribution >= 4 is 11.9 Å². The Morgan fingerprint density at radius 2 is 1.29 bits per heavy atom. The van der Waals surface area contributed by atoms with E-state index in [4.69, 9.17) is 4.74 Å². The number of hydrogen-bond acceptors (Lipinski definition) is 4. The largest absolute Gasteiger partial charge is 0.507 e. The Balaban J connectivity index is 1.60. The standard InChI is InChI=1S/C31H23F6NO4/c1-42-28(40)17-26(20-7-5-18(6-8-20)19-9-12-23(13-10-19)30(32,33)34)38-29(41)25-16-22(11-14-27(25)39)21-3-2-4-24(15-21)31(35,36)37/h2-16,26,39H,17H2,1H3,(H,38,41). The van der Waals surface area contributed by atoms with Crippen LogP contribution in [0.25, 0.3) is 22.3 Å². The molecule has 5 nitrogen and oxygen atoms in total. The van der Waals surface area contributed by atoms with E-state index in [9.17, 15) is 41.0 Å². The normalized spacial score (nSPS) is 12.5. The van der Waals surface area contributed by atoms with Crippen molar-refractivity contribution in [2.24, 2.45) is 0 Å². The number of hydrogen-bond donors (Lipinski definition) is 2. The highest BCUT2D eigenvalue weighted by molar-refractivity contribution is 5.98. The Kier molecular flexibility index (Phi) is 8.60. The fourth-order valence-corrected chi connectivity index (χ4v) is 4.27. The highest BCUT2D eigenvalue weighted by Crippen LogP contribution is 2.34. The van der Waals surface area contributed by atoms with Crippen molar-refractivity contribution in [3.8, 4) is 28.0 Å². The summed E-state index contributed by atoms with van der Waals surface area (Å²) in [7, 11) is 1.17. The van der Waals surface area contributed by atoms with E-state index in [0.29, 0.717) is 16.7 Å². The number of methoxy groups -OCH3 is 1. The molecule has 1 amide bonds. The summed E-state index contributed by atoms with van der Waals surface area (Å²) in [6.45, 7) is 0. The van der Waals surface area contributed by atoms with Gasteiger partial charge in [0.1, 0.15) is 5.75 Å². The van der Waals surface area contributed by atoms with E-state index in [1.807, 2.05) is 0 Å². The molecule has 11 heteroatoms. The Morgan fingerprint density at radius 1 is 0.738 bits per heavy atom. The zero-order valence-corrected chi connectivity index (χ0v) is 21.9. The van der Waals surface area contributed by atoms with Crippen LogP contribution >= 0.6 is 0 Å². The third-order valence-electron chi connectivity index (χ3n) is 6.53. The number of esters is 1. The maximum absolute atomic E-state index is 13.2. The summed E-state index contributed by atoms with van der Waals surface area (Å²) in [5.41, 5.74) is 0.0694. The second-order valence-corrected chi connectivity index (χ2v) is 9.31. The molecule has 0 radical (unpaired) electrons.